The second kappa shape index (κ2) is 9.34. The maximum atomic E-state index is 12.5. The number of aromatic amines is 1. The molecule has 1 atom stereocenters. The van der Waals surface area contributed by atoms with Gasteiger partial charge in [-0.2, -0.15) is 5.10 Å². The molecule has 1 aliphatic heterocycles. The predicted octanol–water partition coefficient (Wildman–Crippen LogP) is 4.49. The van der Waals surface area contributed by atoms with Gasteiger partial charge in [0.2, 0.25) is 5.91 Å². The van der Waals surface area contributed by atoms with Gasteiger partial charge in [0.25, 0.3) is 0 Å². The number of benzene rings is 2. The van der Waals surface area contributed by atoms with Gasteiger partial charge in [-0.3, -0.25) is 14.5 Å². The Kier molecular flexibility index (Phi) is 6.36. The molecule has 0 saturated carbocycles. The number of hydrogen-bond donors (Lipinski definition) is 2. The van der Waals surface area contributed by atoms with Gasteiger partial charge in [-0.25, -0.2) is 0 Å². The first-order valence-corrected chi connectivity index (χ1v) is 10.9. The lowest BCUT2D eigenvalue weighted by Crippen LogP contribution is -2.19. The molecule has 1 unspecified atom stereocenters. The maximum absolute atomic E-state index is 12.5. The highest BCUT2D eigenvalue weighted by Crippen LogP contribution is 2.25. The van der Waals surface area contributed by atoms with Crippen molar-refractivity contribution in [3.63, 3.8) is 0 Å². The molecule has 2 N–H and O–H groups in total. The van der Waals surface area contributed by atoms with E-state index in [9.17, 15) is 4.79 Å². The van der Waals surface area contributed by atoms with Crippen molar-refractivity contribution < 1.29 is 9.53 Å². The molecule has 0 radical (unpaired) electrons. The van der Waals surface area contributed by atoms with Crippen LogP contribution >= 0.6 is 12.2 Å². The summed E-state index contributed by atoms with van der Waals surface area (Å²) in [5.74, 6) is 2.14. The Morgan fingerprint density at radius 2 is 1.97 bits per heavy atom. The van der Waals surface area contributed by atoms with Crippen LogP contribution in [0.5, 0.6) is 5.75 Å². The number of aromatic nitrogens is 3. The van der Waals surface area contributed by atoms with Crippen molar-refractivity contribution in [1.82, 2.24) is 14.8 Å². The Balaban J connectivity index is 1.37. The van der Waals surface area contributed by atoms with E-state index in [0.717, 1.165) is 36.0 Å². The highest BCUT2D eigenvalue weighted by molar-refractivity contribution is 7.71. The molecule has 0 spiro atoms. The van der Waals surface area contributed by atoms with Gasteiger partial charge in [-0.1, -0.05) is 6.92 Å². The summed E-state index contributed by atoms with van der Waals surface area (Å²) in [5.41, 5.74) is 2.91. The molecule has 2 aromatic carbocycles. The molecule has 1 fully saturated rings. The summed E-state index contributed by atoms with van der Waals surface area (Å²) < 4.78 is 7.54. The molecule has 1 saturated heterocycles. The lowest BCUT2D eigenvalue weighted by molar-refractivity contribution is -0.116. The maximum Gasteiger partial charge on any atom is 0.226 e. The molecule has 8 heteroatoms. The molecule has 0 aliphatic carbocycles. The third kappa shape index (κ3) is 4.96. The first kappa shape index (κ1) is 21.1. The fourth-order valence-corrected chi connectivity index (χ4v) is 4.07. The van der Waals surface area contributed by atoms with Crippen molar-refractivity contribution in [1.29, 1.82) is 0 Å². The number of carbonyl (C=O) groups excluding carboxylic acids is 1. The van der Waals surface area contributed by atoms with Crippen LogP contribution in [0.15, 0.2) is 48.5 Å². The second-order valence-electron chi connectivity index (χ2n) is 7.92. The summed E-state index contributed by atoms with van der Waals surface area (Å²) in [7, 11) is 1.63. The quantitative estimate of drug-likeness (QED) is 0.533. The summed E-state index contributed by atoms with van der Waals surface area (Å²) in [6, 6.07) is 15.6. The van der Waals surface area contributed by atoms with E-state index in [-0.39, 0.29) is 5.91 Å². The van der Waals surface area contributed by atoms with Gasteiger partial charge in [0.05, 0.1) is 7.11 Å². The third-order valence-electron chi connectivity index (χ3n) is 5.61. The average Bonchev–Trinajstić information content (AvgIpc) is 3.38. The van der Waals surface area contributed by atoms with E-state index in [0.29, 0.717) is 23.6 Å². The van der Waals surface area contributed by atoms with E-state index < -0.39 is 0 Å². The summed E-state index contributed by atoms with van der Waals surface area (Å²) in [5, 5.41) is 10.1. The van der Waals surface area contributed by atoms with Gasteiger partial charge in [0.15, 0.2) is 10.6 Å². The Morgan fingerprint density at radius 1 is 1.23 bits per heavy atom. The van der Waals surface area contributed by atoms with Crippen LogP contribution in [0, 0.1) is 10.7 Å². The van der Waals surface area contributed by atoms with Gasteiger partial charge >= 0.3 is 0 Å². The molecule has 1 amide bonds. The Hall–Kier alpha value is -3.13. The SMILES string of the molecule is COc1ccc(-c2n[nH]c(=S)n2CCC(=O)Nc2ccc(N3CCC(C)C3)cc2)cc1. The average molecular weight is 438 g/mol. The molecule has 2 heterocycles. The van der Waals surface area contributed by atoms with Crippen molar-refractivity contribution in [2.75, 3.05) is 30.4 Å². The number of nitrogens with zero attached hydrogens (tertiary/aromatic N) is 3. The summed E-state index contributed by atoms with van der Waals surface area (Å²) in [6.07, 6.45) is 1.52. The highest BCUT2D eigenvalue weighted by Gasteiger charge is 2.18. The minimum absolute atomic E-state index is 0.0636. The molecule has 31 heavy (non-hydrogen) atoms. The first-order chi connectivity index (χ1) is 15.0. The van der Waals surface area contributed by atoms with Crippen LogP contribution in [0.25, 0.3) is 11.4 Å². The standard InChI is InChI=1S/C23H27N5O2S/c1-16-11-13-27(15-16)19-7-5-18(6-8-19)24-21(29)12-14-28-22(25-26-23(28)31)17-3-9-20(30-2)10-4-17/h3-10,16H,11-15H2,1-2H3,(H,24,29)(H,26,31). The van der Waals surface area contributed by atoms with E-state index in [1.54, 1.807) is 7.11 Å². The molecule has 3 aromatic rings. The number of amides is 1. The van der Waals surface area contributed by atoms with Crippen LogP contribution in [0.4, 0.5) is 11.4 Å². The summed E-state index contributed by atoms with van der Waals surface area (Å²) in [6.45, 7) is 4.90. The van der Waals surface area contributed by atoms with Crippen molar-refractivity contribution in [3.8, 4) is 17.1 Å². The monoisotopic (exact) mass is 437 g/mol. The predicted molar refractivity (Wildman–Crippen MR) is 125 cm³/mol. The minimum atomic E-state index is -0.0636. The van der Waals surface area contributed by atoms with Gasteiger partial charge < -0.3 is 15.0 Å². The smallest absolute Gasteiger partial charge is 0.226 e. The highest BCUT2D eigenvalue weighted by atomic mass is 32.1. The molecule has 7 nitrogen and oxygen atoms in total. The second-order valence-corrected chi connectivity index (χ2v) is 8.30. The van der Waals surface area contributed by atoms with Crippen molar-refractivity contribution in [2.45, 2.75) is 26.3 Å². The largest absolute Gasteiger partial charge is 0.497 e. The number of methoxy groups -OCH3 is 1. The fraction of sp³-hybridized carbons (Fsp3) is 0.348. The van der Waals surface area contributed by atoms with Crippen molar-refractivity contribution in [3.05, 3.63) is 53.3 Å². The first-order valence-electron chi connectivity index (χ1n) is 10.5. The Labute approximate surface area is 187 Å². The van der Waals surface area contributed by atoms with Gasteiger partial charge in [0, 0.05) is 43.0 Å². The van der Waals surface area contributed by atoms with Crippen LogP contribution in [0.1, 0.15) is 19.8 Å². The number of hydrogen-bond acceptors (Lipinski definition) is 5. The van der Waals surface area contributed by atoms with Crippen molar-refractivity contribution >= 4 is 29.5 Å². The number of nitrogens with one attached hydrogen (secondary N) is 2. The van der Waals surface area contributed by atoms with Crippen molar-refractivity contribution in [2.24, 2.45) is 5.92 Å². The Morgan fingerprint density at radius 3 is 2.61 bits per heavy atom. The topological polar surface area (TPSA) is 75.2 Å². The number of anilines is 2. The summed E-state index contributed by atoms with van der Waals surface area (Å²) >= 11 is 5.36. The molecular weight excluding hydrogens is 410 g/mol. The minimum Gasteiger partial charge on any atom is -0.497 e. The van der Waals surface area contributed by atoms with Crippen LogP contribution in [0.2, 0.25) is 0 Å². The number of H-pyrrole nitrogens is 1. The van der Waals surface area contributed by atoms with E-state index >= 15 is 0 Å². The lowest BCUT2D eigenvalue weighted by Gasteiger charge is -2.18. The van der Waals surface area contributed by atoms with E-state index in [1.165, 1.54) is 12.1 Å². The van der Waals surface area contributed by atoms with Gasteiger partial charge in [-0.15, -0.1) is 0 Å². The fourth-order valence-electron chi connectivity index (χ4n) is 3.85. The molecule has 1 aliphatic rings. The third-order valence-corrected chi connectivity index (χ3v) is 5.92. The number of carbonyl (C=O) groups is 1. The van der Waals surface area contributed by atoms with Crippen LogP contribution in [-0.4, -0.2) is 40.9 Å². The number of rotatable bonds is 7. The normalized spacial score (nSPS) is 15.8. The lowest BCUT2D eigenvalue weighted by atomic mass is 10.2. The van der Waals surface area contributed by atoms with Gasteiger partial charge in [-0.05, 0) is 73.1 Å². The molecule has 162 valence electrons. The van der Waals surface area contributed by atoms with Crippen LogP contribution in [-0.2, 0) is 11.3 Å². The van der Waals surface area contributed by atoms with Gasteiger partial charge in [0.1, 0.15) is 5.75 Å². The Bertz CT molecular complexity index is 1090. The zero-order valence-electron chi connectivity index (χ0n) is 17.8. The molecule has 4 rings (SSSR count). The summed E-state index contributed by atoms with van der Waals surface area (Å²) in [4.78, 5) is 14.9. The molecule has 1 aromatic heterocycles. The van der Waals surface area contributed by atoms with E-state index in [1.807, 2.05) is 41.0 Å². The van der Waals surface area contributed by atoms with Crippen LogP contribution in [0.3, 0.4) is 0 Å². The number of ether oxygens (including phenoxy) is 1. The van der Waals surface area contributed by atoms with E-state index in [2.05, 4.69) is 39.5 Å². The zero-order valence-corrected chi connectivity index (χ0v) is 18.6. The van der Waals surface area contributed by atoms with E-state index in [4.69, 9.17) is 17.0 Å². The van der Waals surface area contributed by atoms with Crippen LogP contribution < -0.4 is 15.0 Å². The zero-order chi connectivity index (χ0) is 21.8. The molecular formula is C23H27N5O2S. The molecule has 0 bridgehead atoms.